The number of aliphatic hydroxyl groups is 1. The van der Waals surface area contributed by atoms with Gasteiger partial charge >= 0.3 is 0 Å². The van der Waals surface area contributed by atoms with E-state index >= 15 is 0 Å². The lowest BCUT2D eigenvalue weighted by molar-refractivity contribution is 0.158. The van der Waals surface area contributed by atoms with Gasteiger partial charge in [0.1, 0.15) is 11.9 Å². The minimum atomic E-state index is -0.741. The van der Waals surface area contributed by atoms with Crippen LogP contribution in [0.3, 0.4) is 0 Å². The van der Waals surface area contributed by atoms with Crippen molar-refractivity contribution >= 4 is 29.9 Å². The number of nitrogens with one attached hydrogen (secondary N) is 2. The van der Waals surface area contributed by atoms with Crippen molar-refractivity contribution in [3.63, 3.8) is 0 Å². The van der Waals surface area contributed by atoms with Crippen molar-refractivity contribution in [1.29, 1.82) is 0 Å². The Morgan fingerprint density at radius 3 is 2.62 bits per heavy atom. The molecule has 0 saturated heterocycles. The van der Waals surface area contributed by atoms with Gasteiger partial charge in [0.2, 0.25) is 0 Å². The maximum Gasteiger partial charge on any atom is 0.191 e. The Hall–Kier alpha value is -1.54. The highest BCUT2D eigenvalue weighted by molar-refractivity contribution is 14.0. The molecule has 2 atom stereocenters. The molecule has 0 amide bonds. The van der Waals surface area contributed by atoms with Gasteiger partial charge in [-0.3, -0.25) is 4.99 Å². The number of benzene rings is 1. The van der Waals surface area contributed by atoms with Crippen molar-refractivity contribution in [3.8, 4) is 0 Å². The summed E-state index contributed by atoms with van der Waals surface area (Å²) in [6, 6.07) is 11.9. The van der Waals surface area contributed by atoms with Crippen LogP contribution in [0.25, 0.3) is 0 Å². The van der Waals surface area contributed by atoms with Gasteiger partial charge in [-0.1, -0.05) is 24.3 Å². The minimum absolute atomic E-state index is 0. The SMILES string of the molecule is CCNC(=NCC(O)c1ccco1)NC(C)c1ccccc1C.I. The molecule has 0 radical (unpaired) electrons. The molecule has 0 fully saturated rings. The molecule has 132 valence electrons. The topological polar surface area (TPSA) is 69.8 Å². The van der Waals surface area contributed by atoms with E-state index in [1.807, 2.05) is 19.1 Å². The average Bonchev–Trinajstić information content (AvgIpc) is 3.07. The molecule has 0 aliphatic rings. The van der Waals surface area contributed by atoms with Crippen LogP contribution >= 0.6 is 24.0 Å². The molecule has 1 heterocycles. The number of nitrogens with zero attached hydrogens (tertiary/aromatic N) is 1. The first-order valence-corrected chi connectivity index (χ1v) is 7.93. The summed E-state index contributed by atoms with van der Waals surface area (Å²) in [4.78, 5) is 4.45. The van der Waals surface area contributed by atoms with Crippen molar-refractivity contribution < 1.29 is 9.52 Å². The molecule has 3 N–H and O–H groups in total. The van der Waals surface area contributed by atoms with Crippen molar-refractivity contribution in [1.82, 2.24) is 10.6 Å². The van der Waals surface area contributed by atoms with E-state index in [0.717, 1.165) is 6.54 Å². The number of rotatable bonds is 6. The van der Waals surface area contributed by atoms with Crippen molar-refractivity contribution in [3.05, 3.63) is 59.5 Å². The molecule has 5 nitrogen and oxygen atoms in total. The summed E-state index contributed by atoms with van der Waals surface area (Å²) in [7, 11) is 0. The average molecular weight is 443 g/mol. The number of hydrogen-bond acceptors (Lipinski definition) is 3. The van der Waals surface area contributed by atoms with E-state index < -0.39 is 6.10 Å². The Balaban J connectivity index is 0.00000288. The summed E-state index contributed by atoms with van der Waals surface area (Å²) < 4.78 is 5.19. The van der Waals surface area contributed by atoms with Crippen LogP contribution in [0.4, 0.5) is 0 Å². The fourth-order valence-corrected chi connectivity index (χ4v) is 2.42. The van der Waals surface area contributed by atoms with E-state index in [1.54, 1.807) is 18.4 Å². The monoisotopic (exact) mass is 443 g/mol. The maximum atomic E-state index is 10.1. The largest absolute Gasteiger partial charge is 0.467 e. The highest BCUT2D eigenvalue weighted by Crippen LogP contribution is 2.17. The standard InChI is InChI=1S/C18H25N3O2.HI/c1-4-19-18(20-12-16(22)17-10-7-11-23-17)21-14(3)15-9-6-5-8-13(15)2;/h5-11,14,16,22H,4,12H2,1-3H3,(H2,19,20,21);1H. The second-order valence-corrected chi connectivity index (χ2v) is 5.47. The molecular formula is C18H26IN3O2. The molecule has 6 heteroatoms. The smallest absolute Gasteiger partial charge is 0.191 e. The lowest BCUT2D eigenvalue weighted by Gasteiger charge is -2.20. The summed E-state index contributed by atoms with van der Waals surface area (Å²) in [6.45, 7) is 7.20. The van der Waals surface area contributed by atoms with Crippen LogP contribution in [0.1, 0.15) is 42.9 Å². The van der Waals surface area contributed by atoms with E-state index in [1.165, 1.54) is 11.1 Å². The Morgan fingerprint density at radius 2 is 2.00 bits per heavy atom. The normalized spacial score (nSPS) is 13.8. The van der Waals surface area contributed by atoms with Gasteiger partial charge < -0.3 is 20.2 Å². The Kier molecular flexibility index (Phi) is 8.84. The van der Waals surface area contributed by atoms with Crippen molar-refractivity contribution in [2.75, 3.05) is 13.1 Å². The summed E-state index contributed by atoms with van der Waals surface area (Å²) in [5.41, 5.74) is 2.46. The van der Waals surface area contributed by atoms with Gasteiger partial charge in [-0.05, 0) is 44.0 Å². The summed E-state index contributed by atoms with van der Waals surface area (Å²) in [6.07, 6.45) is 0.806. The molecule has 0 aliphatic heterocycles. The second-order valence-electron chi connectivity index (χ2n) is 5.47. The molecule has 2 aromatic rings. The lowest BCUT2D eigenvalue weighted by Crippen LogP contribution is -2.39. The summed E-state index contributed by atoms with van der Waals surface area (Å²) in [5.74, 6) is 1.20. The van der Waals surface area contributed by atoms with Gasteiger partial charge in [-0.15, -0.1) is 24.0 Å². The van der Waals surface area contributed by atoms with Crippen LogP contribution in [0.5, 0.6) is 0 Å². The zero-order chi connectivity index (χ0) is 16.7. The fourth-order valence-electron chi connectivity index (χ4n) is 2.42. The minimum Gasteiger partial charge on any atom is -0.467 e. The number of furan rings is 1. The van der Waals surface area contributed by atoms with Gasteiger partial charge in [-0.2, -0.15) is 0 Å². The van der Waals surface area contributed by atoms with Gasteiger partial charge in [0.25, 0.3) is 0 Å². The number of hydrogen-bond donors (Lipinski definition) is 3. The summed E-state index contributed by atoms with van der Waals surface area (Å²) >= 11 is 0. The third-order valence-corrected chi connectivity index (χ3v) is 3.65. The number of guanidine groups is 1. The molecule has 0 saturated carbocycles. The molecule has 0 bridgehead atoms. The number of aliphatic imine (C=N–C) groups is 1. The van der Waals surface area contributed by atoms with Crippen LogP contribution in [-0.2, 0) is 0 Å². The van der Waals surface area contributed by atoms with Crippen LogP contribution < -0.4 is 10.6 Å². The first-order chi connectivity index (χ1) is 11.1. The van der Waals surface area contributed by atoms with Crippen molar-refractivity contribution in [2.24, 2.45) is 4.99 Å². The first-order valence-electron chi connectivity index (χ1n) is 7.93. The molecule has 1 aromatic carbocycles. The highest BCUT2D eigenvalue weighted by atomic mass is 127. The number of aliphatic hydroxyl groups excluding tert-OH is 1. The number of halogens is 1. The van der Waals surface area contributed by atoms with E-state index in [2.05, 4.69) is 41.6 Å². The van der Waals surface area contributed by atoms with E-state index in [4.69, 9.17) is 4.42 Å². The first kappa shape index (κ1) is 20.5. The van der Waals surface area contributed by atoms with Gasteiger partial charge in [0, 0.05) is 6.54 Å². The van der Waals surface area contributed by atoms with Crippen LogP contribution in [-0.4, -0.2) is 24.2 Å². The van der Waals surface area contributed by atoms with Crippen LogP contribution in [0.2, 0.25) is 0 Å². The second kappa shape index (κ2) is 10.4. The zero-order valence-corrected chi connectivity index (χ0v) is 16.7. The predicted molar refractivity (Wildman–Crippen MR) is 108 cm³/mol. The van der Waals surface area contributed by atoms with Gasteiger partial charge in [0.05, 0.1) is 18.8 Å². The van der Waals surface area contributed by atoms with Crippen molar-refractivity contribution in [2.45, 2.75) is 32.9 Å². The highest BCUT2D eigenvalue weighted by Gasteiger charge is 2.12. The molecule has 0 spiro atoms. The fraction of sp³-hybridized carbons (Fsp3) is 0.389. The van der Waals surface area contributed by atoms with Crippen LogP contribution in [0, 0.1) is 6.92 Å². The Labute approximate surface area is 160 Å². The Bertz CT molecular complexity index is 629. The predicted octanol–water partition coefficient (Wildman–Crippen LogP) is 3.56. The molecule has 0 aliphatic carbocycles. The summed E-state index contributed by atoms with van der Waals surface area (Å²) in [5, 5.41) is 16.6. The quantitative estimate of drug-likeness (QED) is 0.363. The molecule has 24 heavy (non-hydrogen) atoms. The number of aryl methyl sites for hydroxylation is 1. The van der Waals surface area contributed by atoms with Gasteiger partial charge in [-0.25, -0.2) is 0 Å². The molecule has 2 rings (SSSR count). The third kappa shape index (κ3) is 5.83. The maximum absolute atomic E-state index is 10.1. The molecular weight excluding hydrogens is 417 g/mol. The lowest BCUT2D eigenvalue weighted by atomic mass is 10.0. The van der Waals surface area contributed by atoms with E-state index in [0.29, 0.717) is 11.7 Å². The van der Waals surface area contributed by atoms with Gasteiger partial charge in [0.15, 0.2) is 5.96 Å². The van der Waals surface area contributed by atoms with E-state index in [-0.39, 0.29) is 36.6 Å². The Morgan fingerprint density at radius 1 is 1.25 bits per heavy atom. The third-order valence-electron chi connectivity index (χ3n) is 3.65. The zero-order valence-electron chi connectivity index (χ0n) is 14.3. The molecule has 1 aromatic heterocycles. The molecule has 2 unspecified atom stereocenters. The van der Waals surface area contributed by atoms with Crippen LogP contribution in [0.15, 0.2) is 52.1 Å². The van der Waals surface area contributed by atoms with E-state index in [9.17, 15) is 5.11 Å².